The molecule has 1 fully saturated rings. The van der Waals surface area contributed by atoms with Gasteiger partial charge in [0.2, 0.25) is 0 Å². The van der Waals surface area contributed by atoms with E-state index in [2.05, 4.69) is 25.6 Å². The molecule has 24 heavy (non-hydrogen) atoms. The van der Waals surface area contributed by atoms with Crippen LogP contribution in [0.25, 0.3) is 10.9 Å². The van der Waals surface area contributed by atoms with Gasteiger partial charge in [-0.1, -0.05) is 0 Å². The third-order valence-electron chi connectivity index (χ3n) is 4.53. The number of nitrogens with zero attached hydrogens (tertiary/aromatic N) is 5. The Bertz CT molecular complexity index is 855. The van der Waals surface area contributed by atoms with Gasteiger partial charge >= 0.3 is 6.03 Å². The van der Waals surface area contributed by atoms with E-state index in [1.54, 1.807) is 6.20 Å². The monoisotopic (exact) mass is 325 g/mol. The average molecular weight is 325 g/mol. The van der Waals surface area contributed by atoms with Crippen LogP contribution in [0.1, 0.15) is 24.6 Å². The van der Waals surface area contributed by atoms with Crippen LogP contribution in [0.4, 0.5) is 10.5 Å². The molecule has 2 amide bonds. The number of aromatic amines is 1. The van der Waals surface area contributed by atoms with Crippen LogP contribution in [-0.4, -0.2) is 49.0 Å². The molecule has 0 radical (unpaired) electrons. The number of hydrogen-bond acceptors (Lipinski definition) is 4. The SMILES string of the molecule is Cn1ncc2cc(NC(=O)N3CCCC(c4ncn[nH]4)C3)ccc21. The second-order valence-electron chi connectivity index (χ2n) is 6.13. The molecule has 2 N–H and O–H groups in total. The molecule has 1 aliphatic rings. The van der Waals surface area contributed by atoms with Crippen molar-refractivity contribution in [2.75, 3.05) is 18.4 Å². The molecule has 0 saturated carbocycles. The maximum atomic E-state index is 12.6. The zero-order chi connectivity index (χ0) is 16.5. The number of aromatic nitrogens is 5. The van der Waals surface area contributed by atoms with Gasteiger partial charge in [0.15, 0.2) is 0 Å². The first-order valence-corrected chi connectivity index (χ1v) is 8.03. The largest absolute Gasteiger partial charge is 0.324 e. The number of rotatable bonds is 2. The highest BCUT2D eigenvalue weighted by molar-refractivity contribution is 5.92. The van der Waals surface area contributed by atoms with Crippen LogP contribution >= 0.6 is 0 Å². The molecule has 124 valence electrons. The van der Waals surface area contributed by atoms with Gasteiger partial charge in [0, 0.05) is 37.1 Å². The van der Waals surface area contributed by atoms with Gasteiger partial charge in [0.1, 0.15) is 12.2 Å². The molecular formula is C16H19N7O. The van der Waals surface area contributed by atoms with Crippen molar-refractivity contribution in [3.63, 3.8) is 0 Å². The van der Waals surface area contributed by atoms with Gasteiger partial charge in [-0.2, -0.15) is 10.2 Å². The minimum atomic E-state index is -0.0811. The number of hydrogen-bond donors (Lipinski definition) is 2. The number of fused-ring (bicyclic) bond motifs is 1. The second kappa shape index (κ2) is 5.95. The fourth-order valence-corrected chi connectivity index (χ4v) is 3.24. The summed E-state index contributed by atoms with van der Waals surface area (Å²) >= 11 is 0. The standard InChI is InChI=1S/C16H19N7O/c1-22-14-5-4-13(7-12(14)8-19-22)20-16(24)23-6-2-3-11(9-23)15-17-10-18-21-15/h4-5,7-8,10-11H,2-3,6,9H2,1H3,(H,20,24)(H,17,18,21). The highest BCUT2D eigenvalue weighted by atomic mass is 16.2. The number of benzene rings is 1. The summed E-state index contributed by atoms with van der Waals surface area (Å²) in [6.07, 6.45) is 5.28. The molecule has 3 heterocycles. The van der Waals surface area contributed by atoms with Crippen molar-refractivity contribution in [2.24, 2.45) is 7.05 Å². The van der Waals surface area contributed by atoms with E-state index in [0.29, 0.717) is 6.54 Å². The van der Waals surface area contributed by atoms with Gasteiger partial charge in [0.25, 0.3) is 0 Å². The molecule has 8 heteroatoms. The number of carbonyl (C=O) groups excluding carboxylic acids is 1. The van der Waals surface area contributed by atoms with E-state index in [-0.39, 0.29) is 11.9 Å². The highest BCUT2D eigenvalue weighted by Crippen LogP contribution is 2.25. The number of piperidine rings is 1. The topological polar surface area (TPSA) is 91.7 Å². The highest BCUT2D eigenvalue weighted by Gasteiger charge is 2.26. The van der Waals surface area contributed by atoms with E-state index in [1.807, 2.05) is 34.8 Å². The van der Waals surface area contributed by atoms with Gasteiger partial charge in [-0.3, -0.25) is 9.78 Å². The molecule has 1 aliphatic heterocycles. The number of carbonyl (C=O) groups is 1. The Morgan fingerprint density at radius 3 is 3.17 bits per heavy atom. The van der Waals surface area contributed by atoms with Crippen molar-refractivity contribution in [3.8, 4) is 0 Å². The maximum absolute atomic E-state index is 12.6. The fourth-order valence-electron chi connectivity index (χ4n) is 3.24. The normalized spacial score (nSPS) is 18.0. The summed E-state index contributed by atoms with van der Waals surface area (Å²) in [4.78, 5) is 18.6. The summed E-state index contributed by atoms with van der Waals surface area (Å²) in [5.74, 6) is 1.07. The van der Waals surface area contributed by atoms with E-state index in [0.717, 1.165) is 41.8 Å². The van der Waals surface area contributed by atoms with Crippen molar-refractivity contribution < 1.29 is 4.79 Å². The lowest BCUT2D eigenvalue weighted by Gasteiger charge is -2.31. The summed E-state index contributed by atoms with van der Waals surface area (Å²) in [7, 11) is 1.90. The molecule has 3 aromatic rings. The van der Waals surface area contributed by atoms with Crippen LogP contribution in [0.5, 0.6) is 0 Å². The summed E-state index contributed by atoms with van der Waals surface area (Å²) in [5.41, 5.74) is 1.82. The maximum Gasteiger partial charge on any atom is 0.321 e. The molecule has 0 aliphatic carbocycles. The van der Waals surface area contributed by atoms with Crippen LogP contribution in [0.2, 0.25) is 0 Å². The number of anilines is 1. The Balaban J connectivity index is 1.46. The third kappa shape index (κ3) is 2.70. The number of nitrogens with one attached hydrogen (secondary N) is 2. The minimum Gasteiger partial charge on any atom is -0.324 e. The Morgan fingerprint density at radius 2 is 2.33 bits per heavy atom. The summed E-state index contributed by atoms with van der Waals surface area (Å²) in [5, 5.41) is 15.0. The van der Waals surface area contributed by atoms with Crippen molar-refractivity contribution in [3.05, 3.63) is 36.5 Å². The summed E-state index contributed by atoms with van der Waals surface area (Å²) in [6.45, 7) is 1.40. The molecule has 1 atom stereocenters. The zero-order valence-electron chi connectivity index (χ0n) is 13.4. The van der Waals surface area contributed by atoms with Crippen LogP contribution in [0.15, 0.2) is 30.7 Å². The average Bonchev–Trinajstić information content (AvgIpc) is 3.25. The van der Waals surface area contributed by atoms with Crippen molar-refractivity contribution in [2.45, 2.75) is 18.8 Å². The predicted octanol–water partition coefficient (Wildman–Crippen LogP) is 2.10. The van der Waals surface area contributed by atoms with Crippen molar-refractivity contribution >= 4 is 22.6 Å². The van der Waals surface area contributed by atoms with Gasteiger partial charge in [-0.25, -0.2) is 9.78 Å². The molecular weight excluding hydrogens is 306 g/mol. The summed E-state index contributed by atoms with van der Waals surface area (Å²) < 4.78 is 1.81. The number of aryl methyl sites for hydroxylation is 1. The van der Waals surface area contributed by atoms with Gasteiger partial charge in [-0.15, -0.1) is 0 Å². The molecule has 2 aromatic heterocycles. The van der Waals surface area contributed by atoms with Crippen LogP contribution in [0.3, 0.4) is 0 Å². The van der Waals surface area contributed by atoms with Crippen LogP contribution < -0.4 is 5.32 Å². The van der Waals surface area contributed by atoms with Crippen molar-refractivity contribution in [1.29, 1.82) is 0 Å². The van der Waals surface area contributed by atoms with E-state index in [1.165, 1.54) is 6.33 Å². The number of amides is 2. The zero-order valence-corrected chi connectivity index (χ0v) is 13.4. The van der Waals surface area contributed by atoms with E-state index >= 15 is 0 Å². The molecule has 1 saturated heterocycles. The van der Waals surface area contributed by atoms with Crippen molar-refractivity contribution in [1.82, 2.24) is 29.9 Å². The first-order valence-electron chi connectivity index (χ1n) is 8.03. The Kier molecular flexibility index (Phi) is 3.64. The molecule has 8 nitrogen and oxygen atoms in total. The minimum absolute atomic E-state index is 0.0811. The van der Waals surface area contributed by atoms with Gasteiger partial charge < -0.3 is 10.2 Å². The van der Waals surface area contributed by atoms with Crippen LogP contribution in [0, 0.1) is 0 Å². The first kappa shape index (κ1) is 14.7. The van der Waals surface area contributed by atoms with E-state index < -0.39 is 0 Å². The smallest absolute Gasteiger partial charge is 0.321 e. The lowest BCUT2D eigenvalue weighted by molar-refractivity contribution is 0.191. The van der Waals surface area contributed by atoms with Crippen LogP contribution in [-0.2, 0) is 7.05 Å². The molecule has 4 rings (SSSR count). The summed E-state index contributed by atoms with van der Waals surface area (Å²) in [6, 6.07) is 5.73. The molecule has 0 spiro atoms. The predicted molar refractivity (Wildman–Crippen MR) is 89.7 cm³/mol. The Labute approximate surface area is 138 Å². The Morgan fingerprint density at radius 1 is 1.42 bits per heavy atom. The third-order valence-corrected chi connectivity index (χ3v) is 4.53. The Hall–Kier alpha value is -2.90. The fraction of sp³-hybridized carbons (Fsp3) is 0.375. The first-order chi connectivity index (χ1) is 11.7. The van der Waals surface area contributed by atoms with E-state index in [4.69, 9.17) is 0 Å². The lowest BCUT2D eigenvalue weighted by atomic mass is 9.98. The van der Waals surface area contributed by atoms with E-state index in [9.17, 15) is 4.79 Å². The lowest BCUT2D eigenvalue weighted by Crippen LogP contribution is -2.41. The molecule has 1 aromatic carbocycles. The number of H-pyrrole nitrogens is 1. The van der Waals surface area contributed by atoms with Gasteiger partial charge in [0.05, 0.1) is 11.7 Å². The second-order valence-corrected chi connectivity index (χ2v) is 6.13. The molecule has 0 bridgehead atoms. The molecule has 1 unspecified atom stereocenters. The number of likely N-dealkylation sites (tertiary alicyclic amines) is 1. The quantitative estimate of drug-likeness (QED) is 0.755. The number of urea groups is 1. The van der Waals surface area contributed by atoms with Gasteiger partial charge in [-0.05, 0) is 31.0 Å².